The third-order valence-corrected chi connectivity index (χ3v) is 5.86. The summed E-state index contributed by atoms with van der Waals surface area (Å²) < 4.78 is 45.6. The molecule has 0 aromatic heterocycles. The van der Waals surface area contributed by atoms with Crippen molar-refractivity contribution in [1.29, 1.82) is 0 Å². The molecule has 0 radical (unpaired) electrons. The van der Waals surface area contributed by atoms with Gasteiger partial charge in [0.05, 0.1) is 22.8 Å². The number of nitrogens with two attached hydrogens (primary N) is 1. The molecule has 2 N–H and O–H groups in total. The van der Waals surface area contributed by atoms with Crippen LogP contribution in [-0.2, 0) is 14.8 Å². The van der Waals surface area contributed by atoms with Crippen LogP contribution in [0.3, 0.4) is 0 Å². The van der Waals surface area contributed by atoms with Gasteiger partial charge in [-0.2, -0.15) is 4.31 Å². The van der Waals surface area contributed by atoms with Crippen molar-refractivity contribution in [3.05, 3.63) is 22.4 Å². The lowest BCUT2D eigenvalue weighted by atomic mass is 10.1. The molecule has 20 heavy (non-hydrogen) atoms. The van der Waals surface area contributed by atoms with Crippen LogP contribution in [0.15, 0.2) is 21.5 Å². The maximum Gasteiger partial charge on any atom is 0.244 e. The summed E-state index contributed by atoms with van der Waals surface area (Å²) in [6, 6.07) is 2.20. The summed E-state index contributed by atoms with van der Waals surface area (Å²) in [5, 5.41) is 0. The fourth-order valence-electron chi connectivity index (χ4n) is 2.06. The molecule has 1 aromatic carbocycles. The van der Waals surface area contributed by atoms with E-state index in [0.717, 1.165) is 12.1 Å². The lowest BCUT2D eigenvalue weighted by Gasteiger charge is -2.37. The third kappa shape index (κ3) is 2.98. The highest BCUT2D eigenvalue weighted by molar-refractivity contribution is 9.10. The van der Waals surface area contributed by atoms with E-state index >= 15 is 0 Å². The van der Waals surface area contributed by atoms with Gasteiger partial charge in [-0.1, -0.05) is 0 Å². The summed E-state index contributed by atoms with van der Waals surface area (Å²) in [5.74, 6) is -0.655. The van der Waals surface area contributed by atoms with E-state index in [4.69, 9.17) is 10.5 Å². The number of anilines is 1. The van der Waals surface area contributed by atoms with Crippen LogP contribution in [0.2, 0.25) is 0 Å². The van der Waals surface area contributed by atoms with E-state index in [1.54, 1.807) is 0 Å². The molecule has 0 atom stereocenters. The Kier molecular flexibility index (Phi) is 4.12. The van der Waals surface area contributed by atoms with Gasteiger partial charge >= 0.3 is 0 Å². The molecule has 1 saturated heterocycles. The Morgan fingerprint density at radius 3 is 2.70 bits per heavy atom. The Hall–Kier alpha value is -0.700. The number of sulfonamides is 1. The lowest BCUT2D eigenvalue weighted by molar-refractivity contribution is -0.0640. The van der Waals surface area contributed by atoms with E-state index in [0.29, 0.717) is 6.61 Å². The topological polar surface area (TPSA) is 72.6 Å². The molecule has 1 aromatic rings. The van der Waals surface area contributed by atoms with Crippen LogP contribution in [0.4, 0.5) is 10.1 Å². The standard InChI is InChI=1S/C12H16BrFN2O3S/c1-12(2)7-16(3-4-19-12)20(17,18)11-6-10(15)9(14)5-8(11)13/h5-6H,3-4,7,15H2,1-2H3. The van der Waals surface area contributed by atoms with E-state index in [-0.39, 0.29) is 28.1 Å². The molecule has 1 aliphatic heterocycles. The second kappa shape index (κ2) is 5.25. The van der Waals surface area contributed by atoms with E-state index < -0.39 is 21.4 Å². The van der Waals surface area contributed by atoms with Crippen LogP contribution in [0.25, 0.3) is 0 Å². The first-order valence-electron chi connectivity index (χ1n) is 6.02. The van der Waals surface area contributed by atoms with Gasteiger partial charge in [0, 0.05) is 17.6 Å². The summed E-state index contributed by atoms with van der Waals surface area (Å²) in [5.41, 5.74) is 4.72. The average molecular weight is 367 g/mol. The molecule has 2 rings (SSSR count). The highest BCUT2D eigenvalue weighted by Gasteiger charge is 2.36. The highest BCUT2D eigenvalue weighted by Crippen LogP contribution is 2.31. The smallest absolute Gasteiger partial charge is 0.244 e. The Bertz CT molecular complexity index is 634. The minimum Gasteiger partial charge on any atom is -0.396 e. The first-order chi connectivity index (χ1) is 9.13. The van der Waals surface area contributed by atoms with Crippen molar-refractivity contribution >= 4 is 31.6 Å². The highest BCUT2D eigenvalue weighted by atomic mass is 79.9. The average Bonchev–Trinajstić information content (AvgIpc) is 2.32. The Morgan fingerprint density at radius 2 is 2.10 bits per heavy atom. The summed E-state index contributed by atoms with van der Waals surface area (Å²) in [7, 11) is -3.74. The number of halogens is 2. The Balaban J connectivity index is 2.43. The lowest BCUT2D eigenvalue weighted by Crippen LogP contribution is -2.50. The van der Waals surface area contributed by atoms with Crippen LogP contribution in [-0.4, -0.2) is 38.0 Å². The zero-order valence-corrected chi connectivity index (χ0v) is 13.6. The zero-order valence-electron chi connectivity index (χ0n) is 11.2. The van der Waals surface area contributed by atoms with Gasteiger partial charge in [-0.05, 0) is 41.9 Å². The van der Waals surface area contributed by atoms with Crippen molar-refractivity contribution in [3.8, 4) is 0 Å². The molecule has 0 bridgehead atoms. The summed E-state index contributed by atoms with van der Waals surface area (Å²) in [6.07, 6.45) is 0. The number of nitrogens with zero attached hydrogens (tertiary/aromatic N) is 1. The number of rotatable bonds is 2. The normalized spacial score (nSPS) is 20.0. The second-order valence-corrected chi connectivity index (χ2v) is 8.01. The van der Waals surface area contributed by atoms with Crippen LogP contribution >= 0.6 is 15.9 Å². The van der Waals surface area contributed by atoms with Gasteiger partial charge in [-0.3, -0.25) is 0 Å². The van der Waals surface area contributed by atoms with Crippen LogP contribution in [0.5, 0.6) is 0 Å². The van der Waals surface area contributed by atoms with E-state index in [2.05, 4.69) is 15.9 Å². The maximum atomic E-state index is 13.3. The van der Waals surface area contributed by atoms with Crippen molar-refractivity contribution in [3.63, 3.8) is 0 Å². The van der Waals surface area contributed by atoms with Crippen molar-refractivity contribution in [1.82, 2.24) is 4.31 Å². The fourth-order valence-corrected chi connectivity index (χ4v) is 4.64. The summed E-state index contributed by atoms with van der Waals surface area (Å²) in [4.78, 5) is -0.0332. The van der Waals surface area contributed by atoms with Gasteiger partial charge in [0.25, 0.3) is 0 Å². The van der Waals surface area contributed by atoms with Crippen LogP contribution in [0, 0.1) is 5.82 Å². The molecule has 0 amide bonds. The number of hydrogen-bond donors (Lipinski definition) is 1. The van der Waals surface area contributed by atoms with E-state index in [1.807, 2.05) is 13.8 Å². The maximum absolute atomic E-state index is 13.3. The van der Waals surface area contributed by atoms with Gasteiger partial charge in [0.1, 0.15) is 5.82 Å². The molecule has 1 heterocycles. The zero-order chi connectivity index (χ0) is 15.1. The number of nitrogen functional groups attached to an aromatic ring is 1. The predicted octanol–water partition coefficient (Wildman–Crippen LogP) is 1.97. The number of hydrogen-bond acceptors (Lipinski definition) is 4. The minimum absolute atomic E-state index is 0.0332. The van der Waals surface area contributed by atoms with Gasteiger partial charge in [-0.15, -0.1) is 0 Å². The summed E-state index contributed by atoms with van der Waals surface area (Å²) in [6.45, 7) is 4.46. The number of benzene rings is 1. The molecule has 0 unspecified atom stereocenters. The molecule has 5 nitrogen and oxygen atoms in total. The monoisotopic (exact) mass is 366 g/mol. The van der Waals surface area contributed by atoms with Gasteiger partial charge in [0.2, 0.25) is 10.0 Å². The molecular weight excluding hydrogens is 351 g/mol. The minimum atomic E-state index is -3.74. The quantitative estimate of drug-likeness (QED) is 0.812. The van der Waals surface area contributed by atoms with Crippen molar-refractivity contribution in [2.24, 2.45) is 0 Å². The van der Waals surface area contributed by atoms with Crippen molar-refractivity contribution in [2.45, 2.75) is 24.3 Å². The Labute approximate surface area is 126 Å². The van der Waals surface area contributed by atoms with Gasteiger partial charge in [0.15, 0.2) is 0 Å². The fraction of sp³-hybridized carbons (Fsp3) is 0.500. The SMILES string of the molecule is CC1(C)CN(S(=O)(=O)c2cc(N)c(F)cc2Br)CCO1. The molecule has 8 heteroatoms. The Morgan fingerprint density at radius 1 is 1.45 bits per heavy atom. The van der Waals surface area contributed by atoms with Crippen LogP contribution in [0.1, 0.15) is 13.8 Å². The number of morpholine rings is 1. The first-order valence-corrected chi connectivity index (χ1v) is 8.25. The predicted molar refractivity (Wildman–Crippen MR) is 77.3 cm³/mol. The summed E-state index contributed by atoms with van der Waals surface area (Å²) >= 11 is 3.08. The molecule has 0 aliphatic carbocycles. The molecule has 1 aliphatic rings. The first kappa shape index (κ1) is 15.7. The van der Waals surface area contributed by atoms with E-state index in [1.165, 1.54) is 4.31 Å². The van der Waals surface area contributed by atoms with Crippen molar-refractivity contribution in [2.75, 3.05) is 25.4 Å². The molecule has 0 saturated carbocycles. The van der Waals surface area contributed by atoms with Gasteiger partial charge in [-0.25, -0.2) is 12.8 Å². The van der Waals surface area contributed by atoms with E-state index in [9.17, 15) is 12.8 Å². The molecule has 1 fully saturated rings. The number of ether oxygens (including phenoxy) is 1. The van der Waals surface area contributed by atoms with Gasteiger partial charge < -0.3 is 10.5 Å². The second-order valence-electron chi connectivity index (χ2n) is 5.25. The third-order valence-electron chi connectivity index (χ3n) is 3.06. The van der Waals surface area contributed by atoms with Crippen LogP contribution < -0.4 is 5.73 Å². The largest absolute Gasteiger partial charge is 0.396 e. The molecular formula is C12H16BrFN2O3S. The van der Waals surface area contributed by atoms with Crippen molar-refractivity contribution < 1.29 is 17.5 Å². The molecule has 0 spiro atoms. The molecule has 112 valence electrons.